The summed E-state index contributed by atoms with van der Waals surface area (Å²) in [4.78, 5) is 69.2. The number of hydrogen-bond acceptors (Lipinski definition) is 8. The summed E-state index contributed by atoms with van der Waals surface area (Å²) in [6, 6.07) is 15.1. The number of ether oxygens (including phenoxy) is 1. The van der Waals surface area contributed by atoms with E-state index in [-0.39, 0.29) is 33.9 Å². The van der Waals surface area contributed by atoms with Gasteiger partial charge in [-0.05, 0) is 41.8 Å². The lowest BCUT2D eigenvalue weighted by atomic mass is 9.89. The average molecular weight is 657 g/mol. The number of carboxylic acid groups (broad SMARTS) is 1. The van der Waals surface area contributed by atoms with Gasteiger partial charge < -0.3 is 25.3 Å². The van der Waals surface area contributed by atoms with Gasteiger partial charge in [-0.1, -0.05) is 84.7 Å². The maximum Gasteiger partial charge on any atom is 0.341 e. The molecule has 0 aromatic heterocycles. The number of fused-ring (bicyclic) bond motifs is 1. The largest absolute Gasteiger partial charge is 0.481 e. The van der Waals surface area contributed by atoms with Crippen LogP contribution in [0.3, 0.4) is 0 Å². The van der Waals surface area contributed by atoms with Gasteiger partial charge >= 0.3 is 11.9 Å². The number of carbonyl (C=O) groups excluding carboxylic acids is 4. The van der Waals surface area contributed by atoms with Gasteiger partial charge in [-0.15, -0.1) is 0 Å². The number of carbonyl (C=O) groups is 5. The first-order chi connectivity index (χ1) is 21.3. The lowest BCUT2D eigenvalue weighted by Crippen LogP contribution is -2.53. The third-order valence-corrected chi connectivity index (χ3v) is 7.92. The highest BCUT2D eigenvalue weighted by Crippen LogP contribution is 2.28. The lowest BCUT2D eigenvalue weighted by Gasteiger charge is -2.26. The van der Waals surface area contributed by atoms with Crippen LogP contribution < -0.4 is 10.6 Å². The van der Waals surface area contributed by atoms with Crippen molar-refractivity contribution in [3.05, 3.63) is 81.8 Å². The van der Waals surface area contributed by atoms with Crippen molar-refractivity contribution in [3.63, 3.8) is 0 Å². The van der Waals surface area contributed by atoms with E-state index in [0.717, 1.165) is 10.8 Å². The molecule has 2 amide bonds. The normalized spacial score (nSPS) is 17.2. The zero-order chi connectivity index (χ0) is 32.9. The zero-order valence-corrected chi connectivity index (χ0v) is 26.1. The second-order valence-electron chi connectivity index (χ2n) is 11.1. The molecule has 3 aromatic rings. The number of nitrogens with zero attached hydrogens (tertiary/aromatic N) is 1. The molecule has 3 N–H and O–H groups in total. The molecule has 45 heavy (non-hydrogen) atoms. The van der Waals surface area contributed by atoms with Gasteiger partial charge in [0, 0.05) is 12.0 Å². The fourth-order valence-electron chi connectivity index (χ4n) is 4.87. The number of Topliss-reactive ketones (excluding diaryl/α,β-unsaturated/α-hetero) is 1. The quantitative estimate of drug-likeness (QED) is 0.234. The molecule has 3 atom stereocenters. The van der Waals surface area contributed by atoms with Crippen LogP contribution in [0.25, 0.3) is 10.8 Å². The number of benzene rings is 3. The molecule has 0 fully saturated rings. The summed E-state index contributed by atoms with van der Waals surface area (Å²) in [7, 11) is 0. The first kappa shape index (κ1) is 33.4. The maximum atomic E-state index is 13.4. The predicted molar refractivity (Wildman–Crippen MR) is 168 cm³/mol. The summed E-state index contributed by atoms with van der Waals surface area (Å²) < 4.78 is 5.03. The second kappa shape index (κ2) is 14.1. The number of ketones is 1. The lowest BCUT2D eigenvalue weighted by molar-refractivity contribution is -0.146. The average Bonchev–Trinajstić information content (AvgIpc) is 3.40. The van der Waals surface area contributed by atoms with E-state index in [1.165, 1.54) is 25.1 Å². The molecule has 0 saturated heterocycles. The van der Waals surface area contributed by atoms with Gasteiger partial charge in [0.2, 0.25) is 5.60 Å². The Morgan fingerprint density at radius 1 is 0.978 bits per heavy atom. The molecule has 1 heterocycles. The fourth-order valence-corrected chi connectivity index (χ4v) is 5.42. The van der Waals surface area contributed by atoms with Crippen LogP contribution in [0, 0.1) is 5.92 Å². The van der Waals surface area contributed by atoms with Gasteiger partial charge in [-0.25, -0.2) is 4.79 Å². The molecule has 3 aromatic carbocycles. The highest BCUT2D eigenvalue weighted by atomic mass is 35.5. The summed E-state index contributed by atoms with van der Waals surface area (Å²) in [5.74, 6) is -4.53. The first-order valence-electron chi connectivity index (χ1n) is 14.0. The van der Waals surface area contributed by atoms with Crippen LogP contribution in [0.15, 0.2) is 65.8 Å². The molecular weight excluding hydrogens is 625 g/mol. The number of amides is 2. The Balaban J connectivity index is 1.42. The van der Waals surface area contributed by atoms with E-state index in [2.05, 4.69) is 15.8 Å². The van der Waals surface area contributed by atoms with Crippen LogP contribution in [0.1, 0.15) is 54.3 Å². The standard InChI is InChI=1S/C32H31Cl2N3O8/c1-17(2)28(36-29(41)20-11-6-9-18-8-4-5-10-19(18)20)24-15-32(3,45-37-24)31(43)35-23(14-26(39)40)25(38)16-44-30(42)27-21(33)12-7-13-22(27)34/h4-13,17,23,28H,14-16H2,1-3H3,(H,35,43)(H,36,41)(H,39,40)/t23-,28-,32?/m0/s1. The molecule has 11 nitrogen and oxygen atoms in total. The molecule has 13 heteroatoms. The van der Waals surface area contributed by atoms with Crippen LogP contribution >= 0.6 is 23.2 Å². The number of carboxylic acids is 1. The number of esters is 1. The minimum atomic E-state index is -1.62. The molecule has 4 rings (SSSR count). The van der Waals surface area contributed by atoms with Crippen LogP contribution in [0.4, 0.5) is 0 Å². The molecule has 0 spiro atoms. The summed E-state index contributed by atoms with van der Waals surface area (Å²) in [5.41, 5.74) is -0.906. The molecule has 0 aliphatic carbocycles. The number of rotatable bonds is 12. The summed E-state index contributed by atoms with van der Waals surface area (Å²) >= 11 is 12.0. The van der Waals surface area contributed by atoms with Crippen LogP contribution in [0.5, 0.6) is 0 Å². The van der Waals surface area contributed by atoms with E-state index in [9.17, 15) is 29.1 Å². The number of aliphatic carboxylic acids is 1. The Kier molecular flexibility index (Phi) is 10.5. The Hall–Kier alpha value is -4.48. The first-order valence-corrected chi connectivity index (χ1v) is 14.8. The predicted octanol–water partition coefficient (Wildman–Crippen LogP) is 4.82. The fraction of sp³-hybridized carbons (Fsp3) is 0.312. The van der Waals surface area contributed by atoms with Gasteiger partial charge in [0.1, 0.15) is 6.04 Å². The van der Waals surface area contributed by atoms with Crippen molar-refractivity contribution in [1.29, 1.82) is 0 Å². The van der Waals surface area contributed by atoms with Crippen molar-refractivity contribution < 1.29 is 38.7 Å². The number of oxime groups is 1. The third-order valence-electron chi connectivity index (χ3n) is 7.29. The molecule has 1 unspecified atom stereocenters. The van der Waals surface area contributed by atoms with Crippen LogP contribution in [-0.4, -0.2) is 64.6 Å². The summed E-state index contributed by atoms with van der Waals surface area (Å²) in [5, 5.41) is 20.6. The molecule has 0 saturated carbocycles. The Bertz CT molecular complexity index is 1670. The second-order valence-corrected chi connectivity index (χ2v) is 11.9. The minimum absolute atomic E-state index is 0.00506. The Labute approximate surface area is 268 Å². The maximum absolute atomic E-state index is 13.4. The van der Waals surface area contributed by atoms with Gasteiger partial charge in [0.05, 0.1) is 33.8 Å². The van der Waals surface area contributed by atoms with Crippen molar-refractivity contribution in [2.75, 3.05) is 6.61 Å². The van der Waals surface area contributed by atoms with Gasteiger partial charge in [-0.3, -0.25) is 19.2 Å². The van der Waals surface area contributed by atoms with Crippen molar-refractivity contribution in [2.24, 2.45) is 11.1 Å². The van der Waals surface area contributed by atoms with Crippen LogP contribution in [-0.2, 0) is 24.0 Å². The molecule has 1 aliphatic rings. The van der Waals surface area contributed by atoms with E-state index in [1.54, 1.807) is 12.1 Å². The van der Waals surface area contributed by atoms with Crippen LogP contribution in [0.2, 0.25) is 10.0 Å². The highest BCUT2D eigenvalue weighted by Gasteiger charge is 2.46. The SMILES string of the molecule is CC(C)[C@H](NC(=O)c1cccc2ccccc12)C1=NOC(C)(C(=O)N[C@@H](CC(=O)O)C(=O)COC(=O)c2c(Cl)cccc2Cl)C1. The summed E-state index contributed by atoms with van der Waals surface area (Å²) in [6.45, 7) is 4.34. The van der Waals surface area contributed by atoms with Gasteiger partial charge in [0.25, 0.3) is 11.8 Å². The highest BCUT2D eigenvalue weighted by molar-refractivity contribution is 6.39. The molecule has 236 valence electrons. The number of nitrogens with one attached hydrogen (secondary N) is 2. The number of hydrogen-bond donors (Lipinski definition) is 3. The van der Waals surface area contributed by atoms with Gasteiger partial charge in [-0.2, -0.15) is 0 Å². The van der Waals surface area contributed by atoms with Crippen molar-refractivity contribution in [3.8, 4) is 0 Å². The van der Waals surface area contributed by atoms with E-state index in [1.807, 2.05) is 44.2 Å². The molecule has 0 radical (unpaired) electrons. The van der Waals surface area contributed by atoms with E-state index >= 15 is 0 Å². The van der Waals surface area contributed by atoms with Crippen molar-refractivity contribution in [2.45, 2.75) is 51.3 Å². The van der Waals surface area contributed by atoms with E-state index in [0.29, 0.717) is 11.3 Å². The molecular formula is C32H31Cl2N3O8. The minimum Gasteiger partial charge on any atom is -0.481 e. The topological polar surface area (TPSA) is 160 Å². The Morgan fingerprint density at radius 2 is 1.62 bits per heavy atom. The van der Waals surface area contributed by atoms with Crippen molar-refractivity contribution in [1.82, 2.24) is 10.6 Å². The molecule has 1 aliphatic heterocycles. The summed E-state index contributed by atoms with van der Waals surface area (Å²) in [6.07, 6.45) is -0.833. The smallest absolute Gasteiger partial charge is 0.341 e. The Morgan fingerprint density at radius 3 is 2.29 bits per heavy atom. The third kappa shape index (κ3) is 7.79. The van der Waals surface area contributed by atoms with Gasteiger partial charge in [0.15, 0.2) is 12.4 Å². The number of halogens is 2. The van der Waals surface area contributed by atoms with Crippen molar-refractivity contribution >= 4 is 69.2 Å². The zero-order valence-electron chi connectivity index (χ0n) is 24.6. The van der Waals surface area contributed by atoms with E-state index < -0.39 is 54.3 Å². The monoisotopic (exact) mass is 655 g/mol. The van der Waals surface area contributed by atoms with E-state index in [4.69, 9.17) is 32.8 Å². The molecule has 0 bridgehead atoms.